The molecule has 0 bridgehead atoms. The summed E-state index contributed by atoms with van der Waals surface area (Å²) in [5, 5.41) is 0. The molecule has 2 heteroatoms. The topological polar surface area (TPSA) is 29.3 Å². The lowest BCUT2D eigenvalue weighted by atomic mass is 9.98. The molecule has 21 heavy (non-hydrogen) atoms. The van der Waals surface area contributed by atoms with Crippen molar-refractivity contribution in [3.05, 3.63) is 35.4 Å². The van der Waals surface area contributed by atoms with E-state index in [1.54, 1.807) is 0 Å². The van der Waals surface area contributed by atoms with E-state index in [-0.39, 0.29) is 0 Å². The van der Waals surface area contributed by atoms with Crippen LogP contribution in [0.15, 0.2) is 24.3 Å². The van der Waals surface area contributed by atoms with Gasteiger partial charge in [0.15, 0.2) is 0 Å². The second kappa shape index (κ2) is 7.95. The maximum atomic E-state index is 6.06. The Balaban J connectivity index is 1.98. The zero-order valence-corrected chi connectivity index (χ0v) is 14.0. The Morgan fingerprint density at radius 1 is 1.14 bits per heavy atom. The van der Waals surface area contributed by atoms with E-state index in [2.05, 4.69) is 50.1 Å². The summed E-state index contributed by atoms with van der Waals surface area (Å²) in [5.41, 5.74) is 8.86. The Hall–Kier alpha value is -0.860. The van der Waals surface area contributed by atoms with Crippen molar-refractivity contribution in [3.63, 3.8) is 0 Å². The first-order valence-electron chi connectivity index (χ1n) is 8.59. The minimum absolute atomic E-state index is 0.360. The SMILES string of the molecule is CC(C)Cc1ccc(C(CN)N(C)CC2CCCC2)cc1. The average molecular weight is 288 g/mol. The van der Waals surface area contributed by atoms with E-state index in [4.69, 9.17) is 5.73 Å². The van der Waals surface area contributed by atoms with Crippen LogP contribution in [0.25, 0.3) is 0 Å². The van der Waals surface area contributed by atoms with Crippen LogP contribution in [0, 0.1) is 11.8 Å². The summed E-state index contributed by atoms with van der Waals surface area (Å²) in [6.07, 6.45) is 6.78. The molecule has 1 unspecified atom stereocenters. The van der Waals surface area contributed by atoms with Crippen molar-refractivity contribution in [2.45, 2.75) is 52.0 Å². The molecule has 2 N–H and O–H groups in total. The fraction of sp³-hybridized carbons (Fsp3) is 0.684. The number of nitrogens with two attached hydrogens (primary N) is 1. The van der Waals surface area contributed by atoms with Crippen LogP contribution in [0.3, 0.4) is 0 Å². The Bertz CT molecular complexity index is 404. The van der Waals surface area contributed by atoms with Gasteiger partial charge in [-0.2, -0.15) is 0 Å². The third-order valence-corrected chi connectivity index (χ3v) is 4.78. The summed E-state index contributed by atoms with van der Waals surface area (Å²) < 4.78 is 0. The lowest BCUT2D eigenvalue weighted by Crippen LogP contribution is -2.33. The first-order valence-corrected chi connectivity index (χ1v) is 8.59. The summed E-state index contributed by atoms with van der Waals surface area (Å²) in [6, 6.07) is 9.47. The zero-order valence-electron chi connectivity index (χ0n) is 14.0. The van der Waals surface area contributed by atoms with Gasteiger partial charge in [-0.3, -0.25) is 4.90 Å². The minimum Gasteiger partial charge on any atom is -0.329 e. The number of nitrogens with zero attached hydrogens (tertiary/aromatic N) is 1. The molecule has 0 heterocycles. The second-order valence-corrected chi connectivity index (χ2v) is 7.18. The van der Waals surface area contributed by atoms with Crippen molar-refractivity contribution in [1.82, 2.24) is 4.90 Å². The van der Waals surface area contributed by atoms with Gasteiger partial charge in [-0.25, -0.2) is 0 Å². The van der Waals surface area contributed by atoms with E-state index in [0.29, 0.717) is 18.5 Å². The predicted octanol–water partition coefficient (Wildman–Crippen LogP) is 4.01. The molecular weight excluding hydrogens is 256 g/mol. The highest BCUT2D eigenvalue weighted by molar-refractivity contribution is 5.25. The highest BCUT2D eigenvalue weighted by Crippen LogP contribution is 2.28. The number of rotatable bonds is 7. The lowest BCUT2D eigenvalue weighted by molar-refractivity contribution is 0.212. The summed E-state index contributed by atoms with van der Waals surface area (Å²) in [7, 11) is 2.23. The van der Waals surface area contributed by atoms with Gasteiger partial charge in [0.05, 0.1) is 0 Å². The molecule has 0 saturated heterocycles. The van der Waals surface area contributed by atoms with Gasteiger partial charge in [0, 0.05) is 19.1 Å². The van der Waals surface area contributed by atoms with Crippen LogP contribution in [0.5, 0.6) is 0 Å². The molecule has 1 aliphatic carbocycles. The monoisotopic (exact) mass is 288 g/mol. The molecule has 1 aromatic carbocycles. The van der Waals surface area contributed by atoms with E-state index in [0.717, 1.165) is 12.3 Å². The number of hydrogen-bond acceptors (Lipinski definition) is 2. The van der Waals surface area contributed by atoms with Crippen LogP contribution < -0.4 is 5.73 Å². The summed E-state index contributed by atoms with van der Waals surface area (Å²) in [4.78, 5) is 2.47. The first kappa shape index (κ1) is 16.5. The maximum Gasteiger partial charge on any atom is 0.0467 e. The van der Waals surface area contributed by atoms with Gasteiger partial charge in [-0.15, -0.1) is 0 Å². The van der Waals surface area contributed by atoms with Gasteiger partial charge in [-0.1, -0.05) is 51.0 Å². The fourth-order valence-corrected chi connectivity index (χ4v) is 3.65. The van der Waals surface area contributed by atoms with Crippen molar-refractivity contribution >= 4 is 0 Å². The summed E-state index contributed by atoms with van der Waals surface area (Å²) in [5.74, 6) is 1.59. The minimum atomic E-state index is 0.360. The first-order chi connectivity index (χ1) is 10.1. The number of benzene rings is 1. The van der Waals surface area contributed by atoms with Gasteiger partial charge >= 0.3 is 0 Å². The average Bonchev–Trinajstić information content (AvgIpc) is 2.93. The fourth-order valence-electron chi connectivity index (χ4n) is 3.65. The normalized spacial score (nSPS) is 17.8. The smallest absolute Gasteiger partial charge is 0.0467 e. The highest BCUT2D eigenvalue weighted by Gasteiger charge is 2.21. The van der Waals surface area contributed by atoms with Gasteiger partial charge < -0.3 is 5.73 Å². The quantitative estimate of drug-likeness (QED) is 0.821. The van der Waals surface area contributed by atoms with Crippen molar-refractivity contribution < 1.29 is 0 Å². The van der Waals surface area contributed by atoms with Crippen LogP contribution in [0.1, 0.15) is 56.7 Å². The zero-order chi connectivity index (χ0) is 15.2. The third kappa shape index (κ3) is 4.82. The third-order valence-electron chi connectivity index (χ3n) is 4.78. The molecular formula is C19H32N2. The molecule has 0 spiro atoms. The molecule has 1 aliphatic rings. The molecule has 2 rings (SSSR count). The van der Waals surface area contributed by atoms with E-state index in [9.17, 15) is 0 Å². The van der Waals surface area contributed by atoms with Crippen molar-refractivity contribution in [2.24, 2.45) is 17.6 Å². The Morgan fingerprint density at radius 3 is 2.29 bits per heavy atom. The van der Waals surface area contributed by atoms with E-state index >= 15 is 0 Å². The molecule has 0 amide bonds. The number of hydrogen-bond donors (Lipinski definition) is 1. The molecule has 118 valence electrons. The second-order valence-electron chi connectivity index (χ2n) is 7.18. The van der Waals surface area contributed by atoms with Gasteiger partial charge in [0.2, 0.25) is 0 Å². The largest absolute Gasteiger partial charge is 0.329 e. The molecule has 2 nitrogen and oxygen atoms in total. The van der Waals surface area contributed by atoms with Gasteiger partial charge in [-0.05, 0) is 49.3 Å². The van der Waals surface area contributed by atoms with Crippen molar-refractivity contribution in [3.8, 4) is 0 Å². The Kier molecular flexibility index (Phi) is 6.25. The predicted molar refractivity (Wildman–Crippen MR) is 91.4 cm³/mol. The van der Waals surface area contributed by atoms with Gasteiger partial charge in [0.25, 0.3) is 0 Å². The van der Waals surface area contributed by atoms with Gasteiger partial charge in [0.1, 0.15) is 0 Å². The standard InChI is InChI=1S/C19H32N2/c1-15(2)12-16-8-10-18(11-9-16)19(13-20)21(3)14-17-6-4-5-7-17/h8-11,15,17,19H,4-7,12-14,20H2,1-3H3. The molecule has 1 atom stereocenters. The molecule has 1 saturated carbocycles. The summed E-state index contributed by atoms with van der Waals surface area (Å²) in [6.45, 7) is 6.43. The molecule has 0 aromatic heterocycles. The van der Waals surface area contributed by atoms with Crippen molar-refractivity contribution in [1.29, 1.82) is 0 Å². The highest BCUT2D eigenvalue weighted by atomic mass is 15.1. The Labute approximate surface area is 130 Å². The van der Waals surface area contributed by atoms with E-state index in [1.807, 2.05) is 0 Å². The van der Waals surface area contributed by atoms with Crippen molar-refractivity contribution in [2.75, 3.05) is 20.1 Å². The van der Waals surface area contributed by atoms with Crippen LogP contribution in [-0.2, 0) is 6.42 Å². The number of likely N-dealkylation sites (N-methyl/N-ethyl adjacent to an activating group) is 1. The molecule has 0 radical (unpaired) electrons. The summed E-state index contributed by atoms with van der Waals surface area (Å²) >= 11 is 0. The van der Waals surface area contributed by atoms with Crippen LogP contribution >= 0.6 is 0 Å². The molecule has 1 fully saturated rings. The van der Waals surface area contributed by atoms with Crippen LogP contribution in [-0.4, -0.2) is 25.0 Å². The molecule has 1 aromatic rings. The van der Waals surface area contributed by atoms with E-state index < -0.39 is 0 Å². The Morgan fingerprint density at radius 2 is 1.76 bits per heavy atom. The van der Waals surface area contributed by atoms with E-state index in [1.165, 1.54) is 43.4 Å². The molecule has 0 aliphatic heterocycles. The van der Waals surface area contributed by atoms with Crippen LogP contribution in [0.4, 0.5) is 0 Å². The van der Waals surface area contributed by atoms with Crippen LogP contribution in [0.2, 0.25) is 0 Å². The maximum absolute atomic E-state index is 6.06. The lowest BCUT2D eigenvalue weighted by Gasteiger charge is -2.29.